The maximum Gasteiger partial charge on any atom is 0.335 e. The van der Waals surface area contributed by atoms with Gasteiger partial charge in [0.2, 0.25) is 0 Å². The summed E-state index contributed by atoms with van der Waals surface area (Å²) < 4.78 is 0. The van der Waals surface area contributed by atoms with Crippen LogP contribution in [-0.4, -0.2) is 62.2 Å². The van der Waals surface area contributed by atoms with Crippen LogP contribution in [0.2, 0.25) is 0 Å². The highest BCUT2D eigenvalue weighted by atomic mass is 16.4. The summed E-state index contributed by atoms with van der Waals surface area (Å²) in [6.07, 6.45) is -8.39. The SMILES string of the molecule is CC.O=C[C@H](O)[C@@H](O)[C@H](O)[C@H](O)C(=O)O. The number of hydrogen-bond donors (Lipinski definition) is 5. The van der Waals surface area contributed by atoms with Gasteiger partial charge in [0.05, 0.1) is 0 Å². The molecule has 0 unspecified atom stereocenters. The van der Waals surface area contributed by atoms with E-state index in [0.29, 0.717) is 0 Å². The number of carboxylic acids is 1. The van der Waals surface area contributed by atoms with Crippen LogP contribution in [0.5, 0.6) is 0 Å². The van der Waals surface area contributed by atoms with Gasteiger partial charge in [0, 0.05) is 0 Å². The number of carbonyl (C=O) groups excluding carboxylic acids is 1. The minimum Gasteiger partial charge on any atom is -0.479 e. The van der Waals surface area contributed by atoms with Gasteiger partial charge >= 0.3 is 5.97 Å². The van der Waals surface area contributed by atoms with E-state index in [0.717, 1.165) is 0 Å². The Hall–Kier alpha value is -1.02. The normalized spacial score (nSPS) is 17.7. The molecule has 0 saturated heterocycles. The molecule has 4 atom stereocenters. The number of aliphatic hydroxyl groups excluding tert-OH is 4. The number of hydrogen-bond acceptors (Lipinski definition) is 6. The third-order valence-electron chi connectivity index (χ3n) is 1.42. The van der Waals surface area contributed by atoms with Crippen molar-refractivity contribution in [3.63, 3.8) is 0 Å². The average Bonchev–Trinajstić information content (AvgIpc) is 2.27. The second-order valence-corrected chi connectivity index (χ2v) is 2.39. The van der Waals surface area contributed by atoms with E-state index >= 15 is 0 Å². The van der Waals surface area contributed by atoms with Gasteiger partial charge in [0.1, 0.15) is 18.3 Å². The second-order valence-electron chi connectivity index (χ2n) is 2.39. The molecule has 0 aromatic rings. The highest BCUT2D eigenvalue weighted by molar-refractivity contribution is 5.73. The van der Waals surface area contributed by atoms with Crippen molar-refractivity contribution >= 4 is 12.3 Å². The molecule has 0 aromatic carbocycles. The van der Waals surface area contributed by atoms with Crippen molar-refractivity contribution in [2.24, 2.45) is 0 Å². The van der Waals surface area contributed by atoms with Gasteiger partial charge in [-0.1, -0.05) is 13.8 Å². The van der Waals surface area contributed by atoms with E-state index < -0.39 is 30.4 Å². The molecule has 0 aliphatic carbocycles. The average molecular weight is 224 g/mol. The topological polar surface area (TPSA) is 135 Å². The van der Waals surface area contributed by atoms with Gasteiger partial charge in [-0.25, -0.2) is 4.79 Å². The Morgan fingerprint density at radius 3 is 1.73 bits per heavy atom. The zero-order valence-electron chi connectivity index (χ0n) is 8.44. The quantitative estimate of drug-likeness (QED) is 0.332. The molecule has 0 amide bonds. The van der Waals surface area contributed by atoms with E-state index in [1.165, 1.54) is 0 Å². The van der Waals surface area contributed by atoms with Crippen LogP contribution in [0.3, 0.4) is 0 Å². The largest absolute Gasteiger partial charge is 0.479 e. The minimum atomic E-state index is -2.25. The Kier molecular flexibility index (Phi) is 9.08. The summed E-state index contributed by atoms with van der Waals surface area (Å²) in [5, 5.41) is 43.2. The molecular formula is C8H16O7. The molecule has 0 rings (SSSR count). The van der Waals surface area contributed by atoms with Crippen LogP contribution in [0.15, 0.2) is 0 Å². The molecule has 0 fully saturated rings. The van der Waals surface area contributed by atoms with Gasteiger partial charge < -0.3 is 30.3 Å². The Bertz CT molecular complexity index is 193. The Labute approximate surface area is 86.6 Å². The number of rotatable bonds is 5. The summed E-state index contributed by atoms with van der Waals surface area (Å²) in [6, 6.07) is 0. The van der Waals surface area contributed by atoms with Crippen molar-refractivity contribution in [1.29, 1.82) is 0 Å². The molecule has 0 bridgehead atoms. The van der Waals surface area contributed by atoms with Crippen LogP contribution in [0.25, 0.3) is 0 Å². The van der Waals surface area contributed by atoms with Gasteiger partial charge in [-0.3, -0.25) is 0 Å². The van der Waals surface area contributed by atoms with Crippen molar-refractivity contribution in [2.45, 2.75) is 38.3 Å². The zero-order chi connectivity index (χ0) is 12.6. The molecule has 5 N–H and O–H groups in total. The highest BCUT2D eigenvalue weighted by Crippen LogP contribution is 2.03. The van der Waals surface area contributed by atoms with Crippen molar-refractivity contribution in [1.82, 2.24) is 0 Å². The summed E-state index contributed by atoms with van der Waals surface area (Å²) in [5.41, 5.74) is 0. The van der Waals surface area contributed by atoms with E-state index in [4.69, 9.17) is 25.5 Å². The Balaban J connectivity index is 0. The van der Waals surface area contributed by atoms with Gasteiger partial charge in [-0.2, -0.15) is 0 Å². The van der Waals surface area contributed by atoms with Crippen LogP contribution in [0, 0.1) is 0 Å². The molecule has 0 radical (unpaired) electrons. The van der Waals surface area contributed by atoms with Crippen molar-refractivity contribution in [3.8, 4) is 0 Å². The second kappa shape index (κ2) is 8.30. The number of aliphatic hydroxyl groups is 4. The number of carbonyl (C=O) groups is 2. The minimum absolute atomic E-state index is 0.0809. The van der Waals surface area contributed by atoms with Gasteiger partial charge in [-0.15, -0.1) is 0 Å². The van der Waals surface area contributed by atoms with E-state index in [1.54, 1.807) is 0 Å². The molecule has 15 heavy (non-hydrogen) atoms. The van der Waals surface area contributed by atoms with Crippen LogP contribution in [0.4, 0.5) is 0 Å². The first-order chi connectivity index (χ1) is 6.91. The van der Waals surface area contributed by atoms with Crippen LogP contribution in [0.1, 0.15) is 13.8 Å². The third kappa shape index (κ3) is 5.43. The van der Waals surface area contributed by atoms with Gasteiger partial charge in [0.15, 0.2) is 12.4 Å². The lowest BCUT2D eigenvalue weighted by Gasteiger charge is -2.21. The van der Waals surface area contributed by atoms with Crippen LogP contribution < -0.4 is 0 Å². The van der Waals surface area contributed by atoms with E-state index in [-0.39, 0.29) is 6.29 Å². The Morgan fingerprint density at radius 1 is 1.07 bits per heavy atom. The predicted molar refractivity (Wildman–Crippen MR) is 49.1 cm³/mol. The van der Waals surface area contributed by atoms with E-state index in [9.17, 15) is 9.59 Å². The molecule has 7 heteroatoms. The summed E-state index contributed by atoms with van der Waals surface area (Å²) >= 11 is 0. The maximum absolute atomic E-state index is 10.1. The van der Waals surface area contributed by atoms with E-state index in [2.05, 4.69) is 0 Å². The molecule has 7 nitrogen and oxygen atoms in total. The molecule has 90 valence electrons. The highest BCUT2D eigenvalue weighted by Gasteiger charge is 2.33. The molecule has 0 spiro atoms. The number of carboxylic acid groups (broad SMARTS) is 1. The molecule has 0 saturated carbocycles. The number of aldehydes is 1. The Morgan fingerprint density at radius 2 is 1.47 bits per heavy atom. The van der Waals surface area contributed by atoms with Crippen LogP contribution >= 0.6 is 0 Å². The smallest absolute Gasteiger partial charge is 0.335 e. The number of aliphatic carboxylic acids is 1. The fourth-order valence-corrected chi connectivity index (χ4v) is 0.615. The van der Waals surface area contributed by atoms with Crippen molar-refractivity contribution < 1.29 is 35.1 Å². The molecular weight excluding hydrogens is 208 g/mol. The third-order valence-corrected chi connectivity index (χ3v) is 1.42. The monoisotopic (exact) mass is 224 g/mol. The zero-order valence-corrected chi connectivity index (χ0v) is 8.44. The fraction of sp³-hybridized carbons (Fsp3) is 0.750. The van der Waals surface area contributed by atoms with E-state index in [1.807, 2.05) is 13.8 Å². The molecule has 0 heterocycles. The fourth-order valence-electron chi connectivity index (χ4n) is 0.615. The molecule has 0 aromatic heterocycles. The van der Waals surface area contributed by atoms with Crippen molar-refractivity contribution in [2.75, 3.05) is 0 Å². The lowest BCUT2D eigenvalue weighted by atomic mass is 10.0. The summed E-state index contributed by atoms with van der Waals surface area (Å²) in [6.45, 7) is 4.00. The standard InChI is InChI=1S/C6H10O7.C2H6/c7-1-2(8)3(9)4(10)5(11)6(12)13;1-2/h1-5,8-11H,(H,12,13);1-2H3/t2-,3+,4-,5-;/m0./s1. The maximum atomic E-state index is 10.1. The summed E-state index contributed by atoms with van der Waals surface area (Å²) in [4.78, 5) is 20.0. The van der Waals surface area contributed by atoms with Gasteiger partial charge in [-0.05, 0) is 0 Å². The lowest BCUT2D eigenvalue weighted by molar-refractivity contribution is -0.163. The lowest BCUT2D eigenvalue weighted by Crippen LogP contribution is -2.48. The van der Waals surface area contributed by atoms with Crippen LogP contribution in [-0.2, 0) is 9.59 Å². The predicted octanol–water partition coefficient (Wildman–Crippen LogP) is -2.26. The summed E-state index contributed by atoms with van der Waals surface area (Å²) in [7, 11) is 0. The molecule has 0 aliphatic heterocycles. The van der Waals surface area contributed by atoms with Gasteiger partial charge in [0.25, 0.3) is 0 Å². The summed E-state index contributed by atoms with van der Waals surface area (Å²) in [5.74, 6) is -1.76. The first-order valence-corrected chi connectivity index (χ1v) is 4.32. The first kappa shape index (κ1) is 16.4. The first-order valence-electron chi connectivity index (χ1n) is 4.32. The molecule has 0 aliphatic rings. The van der Waals surface area contributed by atoms with Crippen molar-refractivity contribution in [3.05, 3.63) is 0 Å².